The lowest BCUT2D eigenvalue weighted by Gasteiger charge is -2.08. The minimum atomic E-state index is -2.36. The number of fused-ring (bicyclic) bond motifs is 3. The Morgan fingerprint density at radius 3 is 2.63 bits per heavy atom. The molecule has 0 spiro atoms. The highest BCUT2D eigenvalue weighted by atomic mass is 16.3. The standard InChI is InChI=1S/C24H23N2O/c1-14(2)17-9-12-20(26(6)13-17)22-16(4)7-10-18-21-15(3)8-11-19(25-5)24(21)27-23(18)22/h7-14H,1-4,6H3/q+1/i3D3,13D,14D. The van der Waals surface area contributed by atoms with Crippen LogP contribution in [0.3, 0.4) is 0 Å². The monoisotopic (exact) mass is 360 g/mol. The highest BCUT2D eigenvalue weighted by Crippen LogP contribution is 2.41. The summed E-state index contributed by atoms with van der Waals surface area (Å²) in [5.41, 5.74) is 4.07. The van der Waals surface area contributed by atoms with Crippen LogP contribution in [0.25, 0.3) is 38.0 Å². The van der Waals surface area contributed by atoms with Crippen molar-refractivity contribution >= 4 is 27.6 Å². The summed E-state index contributed by atoms with van der Waals surface area (Å²) in [4.78, 5) is 3.53. The maximum absolute atomic E-state index is 8.61. The fourth-order valence-corrected chi connectivity index (χ4v) is 3.52. The molecule has 2 aromatic heterocycles. The van der Waals surface area contributed by atoms with Crippen LogP contribution in [0.4, 0.5) is 5.69 Å². The molecule has 0 N–H and O–H groups in total. The van der Waals surface area contributed by atoms with E-state index in [-0.39, 0.29) is 23.0 Å². The van der Waals surface area contributed by atoms with E-state index in [0.29, 0.717) is 27.6 Å². The first-order chi connectivity index (χ1) is 14.9. The third-order valence-corrected chi connectivity index (χ3v) is 4.95. The third kappa shape index (κ3) is 2.61. The van der Waals surface area contributed by atoms with Crippen LogP contribution in [-0.2, 0) is 7.05 Å². The molecule has 2 aromatic carbocycles. The molecule has 2 heterocycles. The Bertz CT molecular complexity index is 1440. The second-order valence-corrected chi connectivity index (χ2v) is 6.99. The van der Waals surface area contributed by atoms with Crippen molar-refractivity contribution in [1.29, 1.82) is 0 Å². The maximum Gasteiger partial charge on any atom is 0.229 e. The number of nitrogens with zero attached hydrogens (tertiary/aromatic N) is 2. The summed E-state index contributed by atoms with van der Waals surface area (Å²) in [7, 11) is 1.77. The van der Waals surface area contributed by atoms with Gasteiger partial charge in [-0.2, -0.15) is 0 Å². The number of rotatable bonds is 2. The molecule has 4 aromatic rings. The summed E-state index contributed by atoms with van der Waals surface area (Å²) in [5.74, 6) is -0.924. The molecule has 0 fully saturated rings. The van der Waals surface area contributed by atoms with Gasteiger partial charge in [0.1, 0.15) is 19.6 Å². The zero-order valence-electron chi connectivity index (χ0n) is 20.8. The van der Waals surface area contributed by atoms with Gasteiger partial charge in [-0.3, -0.25) is 0 Å². The number of hydrogen-bond donors (Lipinski definition) is 0. The zero-order valence-corrected chi connectivity index (χ0v) is 15.8. The Morgan fingerprint density at radius 1 is 1.15 bits per heavy atom. The summed E-state index contributed by atoms with van der Waals surface area (Å²) < 4.78 is 48.7. The molecule has 0 radical (unpaired) electrons. The van der Waals surface area contributed by atoms with Crippen LogP contribution in [0, 0.1) is 20.3 Å². The Kier molecular flexibility index (Phi) is 2.85. The molecule has 27 heavy (non-hydrogen) atoms. The minimum absolute atomic E-state index is 0.144. The predicted octanol–water partition coefficient (Wildman–Crippen LogP) is 6.37. The van der Waals surface area contributed by atoms with Crippen molar-refractivity contribution in [1.82, 2.24) is 0 Å². The lowest BCUT2D eigenvalue weighted by Crippen LogP contribution is -2.31. The molecule has 0 saturated heterocycles. The molecule has 0 amide bonds. The van der Waals surface area contributed by atoms with Gasteiger partial charge in [-0.1, -0.05) is 38.1 Å². The molecule has 0 aliphatic heterocycles. The lowest BCUT2D eigenvalue weighted by atomic mass is 9.98. The van der Waals surface area contributed by atoms with E-state index < -0.39 is 12.7 Å². The fourth-order valence-electron chi connectivity index (χ4n) is 3.52. The van der Waals surface area contributed by atoms with Gasteiger partial charge >= 0.3 is 0 Å². The average Bonchev–Trinajstić information content (AvgIpc) is 3.07. The van der Waals surface area contributed by atoms with E-state index in [1.807, 2.05) is 25.1 Å². The molecular weight excluding hydrogens is 332 g/mol. The number of benzene rings is 2. The van der Waals surface area contributed by atoms with E-state index in [2.05, 4.69) is 4.85 Å². The summed E-state index contributed by atoms with van der Waals surface area (Å²) in [5, 5.41) is 1.04. The second kappa shape index (κ2) is 6.25. The Morgan fingerprint density at radius 2 is 1.93 bits per heavy atom. The summed E-state index contributed by atoms with van der Waals surface area (Å²) in [6.45, 7) is 10.6. The molecule has 0 aliphatic rings. The second-order valence-electron chi connectivity index (χ2n) is 6.99. The van der Waals surface area contributed by atoms with E-state index >= 15 is 0 Å². The topological polar surface area (TPSA) is 21.4 Å². The van der Waals surface area contributed by atoms with Gasteiger partial charge in [0, 0.05) is 27.9 Å². The molecule has 0 saturated carbocycles. The quantitative estimate of drug-likeness (QED) is 0.301. The first kappa shape index (κ1) is 12.3. The van der Waals surface area contributed by atoms with Crippen molar-refractivity contribution in [2.24, 2.45) is 7.05 Å². The van der Waals surface area contributed by atoms with Crippen molar-refractivity contribution in [3.8, 4) is 11.3 Å². The molecule has 134 valence electrons. The van der Waals surface area contributed by atoms with Crippen LogP contribution in [0.5, 0.6) is 0 Å². The van der Waals surface area contributed by atoms with Crippen LogP contribution in [0.1, 0.15) is 43.3 Å². The molecular formula is C24H23N2O+. The third-order valence-electron chi connectivity index (χ3n) is 4.95. The van der Waals surface area contributed by atoms with Crippen molar-refractivity contribution in [3.63, 3.8) is 0 Å². The van der Waals surface area contributed by atoms with Crippen LogP contribution >= 0.6 is 0 Å². The van der Waals surface area contributed by atoms with E-state index in [9.17, 15) is 0 Å². The van der Waals surface area contributed by atoms with E-state index in [1.54, 1.807) is 31.5 Å². The number of hydrogen-bond acceptors (Lipinski definition) is 1. The average molecular weight is 360 g/mol. The maximum atomic E-state index is 8.61. The van der Waals surface area contributed by atoms with Gasteiger partial charge in [-0.05, 0) is 36.9 Å². The Labute approximate surface area is 166 Å². The number of furan rings is 1. The zero-order chi connectivity index (χ0) is 23.6. The molecule has 0 atom stereocenters. The normalized spacial score (nSPS) is 15.0. The van der Waals surface area contributed by atoms with Gasteiger partial charge in [-0.25, -0.2) is 9.41 Å². The van der Waals surface area contributed by atoms with Crippen molar-refractivity contribution in [2.45, 2.75) is 33.5 Å². The Hall–Kier alpha value is -3.12. The molecule has 4 rings (SSSR count). The Balaban J connectivity index is 2.15. The van der Waals surface area contributed by atoms with Gasteiger partial charge in [0.05, 0.1) is 12.1 Å². The first-order valence-electron chi connectivity index (χ1n) is 11.2. The van der Waals surface area contributed by atoms with Gasteiger partial charge in [0.2, 0.25) is 11.4 Å². The largest absolute Gasteiger partial charge is 0.466 e. The molecule has 3 nitrogen and oxygen atoms in total. The van der Waals surface area contributed by atoms with E-state index in [4.69, 9.17) is 17.8 Å². The van der Waals surface area contributed by atoms with Gasteiger partial charge < -0.3 is 4.42 Å². The van der Waals surface area contributed by atoms with Gasteiger partial charge in [0.25, 0.3) is 0 Å². The van der Waals surface area contributed by atoms with Gasteiger partial charge in [-0.15, -0.1) is 0 Å². The van der Waals surface area contributed by atoms with Crippen molar-refractivity contribution < 1.29 is 15.8 Å². The smallest absolute Gasteiger partial charge is 0.229 e. The number of aryl methyl sites for hydroxylation is 2. The minimum Gasteiger partial charge on any atom is -0.466 e. The van der Waals surface area contributed by atoms with Crippen molar-refractivity contribution in [3.05, 3.63) is 70.7 Å². The SMILES string of the molecule is [2H]c1c(C([2H])(C)C)ccc(-c2c(C)ccc3c2oc2c([N+]#[C-])ccc(C([2H])([2H])[2H])c23)[n+]1C. The summed E-state index contributed by atoms with van der Waals surface area (Å²) in [6, 6.07) is 10.3. The van der Waals surface area contributed by atoms with Crippen LogP contribution in [-0.4, -0.2) is 0 Å². The molecule has 0 unspecified atom stereocenters. The number of pyridine rings is 1. The molecule has 3 heteroatoms. The van der Waals surface area contributed by atoms with Crippen LogP contribution < -0.4 is 4.57 Å². The summed E-state index contributed by atoms with van der Waals surface area (Å²) >= 11 is 0. The highest BCUT2D eigenvalue weighted by Gasteiger charge is 2.22. The van der Waals surface area contributed by atoms with E-state index in [1.165, 1.54) is 12.1 Å². The lowest BCUT2D eigenvalue weighted by molar-refractivity contribution is -0.660. The highest BCUT2D eigenvalue weighted by molar-refractivity contribution is 6.14. The fraction of sp³-hybridized carbons (Fsp3) is 0.250. The molecule has 0 aliphatic carbocycles. The van der Waals surface area contributed by atoms with Gasteiger partial charge in [0.15, 0.2) is 6.17 Å². The first-order valence-corrected chi connectivity index (χ1v) is 8.73. The van der Waals surface area contributed by atoms with Crippen molar-refractivity contribution in [2.75, 3.05) is 0 Å². The predicted molar refractivity (Wildman–Crippen MR) is 110 cm³/mol. The molecule has 0 bridgehead atoms. The van der Waals surface area contributed by atoms with Crippen LogP contribution in [0.15, 0.2) is 47.0 Å². The van der Waals surface area contributed by atoms with Crippen LogP contribution in [0.2, 0.25) is 0 Å². The summed E-state index contributed by atoms with van der Waals surface area (Å²) in [6.07, 6.45) is 0.222. The van der Waals surface area contributed by atoms with E-state index in [0.717, 1.165) is 11.1 Å². The number of aromatic nitrogens is 1.